The van der Waals surface area contributed by atoms with Crippen molar-refractivity contribution in [1.82, 2.24) is 20.1 Å². The number of carbonyl (C=O) groups excluding carboxylic acids is 1. The molecule has 21 heavy (non-hydrogen) atoms. The summed E-state index contributed by atoms with van der Waals surface area (Å²) in [7, 11) is 0. The second-order valence-corrected chi connectivity index (χ2v) is 5.95. The van der Waals surface area contributed by atoms with Gasteiger partial charge in [-0.2, -0.15) is 0 Å². The van der Waals surface area contributed by atoms with E-state index in [2.05, 4.69) is 20.1 Å². The van der Waals surface area contributed by atoms with Gasteiger partial charge in [-0.05, 0) is 32.1 Å². The molecule has 0 saturated carbocycles. The molecule has 2 aliphatic rings. The number of carbonyl (C=O) groups is 1. The third kappa shape index (κ3) is 3.81. The lowest BCUT2D eigenvalue weighted by Crippen LogP contribution is -2.25. The quantitative estimate of drug-likeness (QED) is 0.894. The Morgan fingerprint density at radius 1 is 1.29 bits per heavy atom. The Morgan fingerprint density at radius 2 is 2.24 bits per heavy atom. The fourth-order valence-electron chi connectivity index (χ4n) is 3.11. The summed E-state index contributed by atoms with van der Waals surface area (Å²) in [5.41, 5.74) is 0. The first-order chi connectivity index (χ1) is 10.3. The van der Waals surface area contributed by atoms with Gasteiger partial charge in [0.2, 0.25) is 5.91 Å². The van der Waals surface area contributed by atoms with Gasteiger partial charge in [-0.25, -0.2) is 0 Å². The van der Waals surface area contributed by atoms with E-state index in [4.69, 9.17) is 4.74 Å². The monoisotopic (exact) mass is 292 g/mol. The normalized spacial score (nSPS) is 21.8. The smallest absolute Gasteiger partial charge is 0.220 e. The zero-order valence-electron chi connectivity index (χ0n) is 12.5. The third-order valence-corrected chi connectivity index (χ3v) is 4.35. The van der Waals surface area contributed by atoms with Gasteiger partial charge in [0.15, 0.2) is 5.82 Å². The SMILES string of the molecule is O=C(CC[C@@H]1CCCO1)NCc1nnc2n1CCCCC2. The Hall–Kier alpha value is -1.43. The highest BCUT2D eigenvalue weighted by Crippen LogP contribution is 2.17. The number of hydrogen-bond donors (Lipinski definition) is 1. The van der Waals surface area contributed by atoms with Crippen LogP contribution in [-0.4, -0.2) is 33.4 Å². The predicted octanol–water partition coefficient (Wildman–Crippen LogP) is 1.58. The Balaban J connectivity index is 1.46. The minimum Gasteiger partial charge on any atom is -0.378 e. The van der Waals surface area contributed by atoms with Crippen LogP contribution in [0.2, 0.25) is 0 Å². The van der Waals surface area contributed by atoms with Crippen molar-refractivity contribution < 1.29 is 9.53 Å². The molecule has 1 amide bonds. The van der Waals surface area contributed by atoms with Gasteiger partial charge < -0.3 is 14.6 Å². The number of amides is 1. The summed E-state index contributed by atoms with van der Waals surface area (Å²) in [5.74, 6) is 2.03. The summed E-state index contributed by atoms with van der Waals surface area (Å²) < 4.78 is 7.71. The third-order valence-electron chi connectivity index (χ3n) is 4.35. The van der Waals surface area contributed by atoms with Crippen molar-refractivity contribution in [1.29, 1.82) is 0 Å². The molecule has 0 unspecified atom stereocenters. The highest BCUT2D eigenvalue weighted by Gasteiger charge is 2.18. The van der Waals surface area contributed by atoms with Crippen LogP contribution in [0.5, 0.6) is 0 Å². The van der Waals surface area contributed by atoms with Gasteiger partial charge in [0.1, 0.15) is 5.82 Å². The topological polar surface area (TPSA) is 69.0 Å². The molecule has 1 atom stereocenters. The molecule has 1 fully saturated rings. The highest BCUT2D eigenvalue weighted by atomic mass is 16.5. The number of aryl methyl sites for hydroxylation is 1. The van der Waals surface area contributed by atoms with Crippen LogP contribution >= 0.6 is 0 Å². The first-order valence-electron chi connectivity index (χ1n) is 8.12. The van der Waals surface area contributed by atoms with Gasteiger partial charge in [-0.1, -0.05) is 6.42 Å². The number of nitrogens with zero attached hydrogens (tertiary/aromatic N) is 3. The molecule has 0 aromatic carbocycles. The molecule has 1 saturated heterocycles. The van der Waals surface area contributed by atoms with Crippen LogP contribution < -0.4 is 5.32 Å². The van der Waals surface area contributed by atoms with Gasteiger partial charge >= 0.3 is 0 Å². The molecule has 0 radical (unpaired) electrons. The Kier molecular flexibility index (Phi) is 4.85. The Labute approximate surface area is 125 Å². The van der Waals surface area contributed by atoms with Crippen LogP contribution in [0.25, 0.3) is 0 Å². The van der Waals surface area contributed by atoms with E-state index >= 15 is 0 Å². The summed E-state index contributed by atoms with van der Waals surface area (Å²) in [4.78, 5) is 11.9. The maximum Gasteiger partial charge on any atom is 0.220 e. The summed E-state index contributed by atoms with van der Waals surface area (Å²) in [6, 6.07) is 0. The van der Waals surface area contributed by atoms with E-state index < -0.39 is 0 Å². The summed E-state index contributed by atoms with van der Waals surface area (Å²) in [6.45, 7) is 2.30. The van der Waals surface area contributed by atoms with Crippen molar-refractivity contribution in [3.8, 4) is 0 Å². The zero-order valence-corrected chi connectivity index (χ0v) is 12.5. The predicted molar refractivity (Wildman–Crippen MR) is 77.6 cm³/mol. The molecule has 0 aliphatic carbocycles. The van der Waals surface area contributed by atoms with Gasteiger partial charge in [-0.3, -0.25) is 4.79 Å². The van der Waals surface area contributed by atoms with Gasteiger partial charge in [0, 0.05) is 26.0 Å². The number of nitrogens with one attached hydrogen (secondary N) is 1. The van der Waals surface area contributed by atoms with E-state index in [0.29, 0.717) is 13.0 Å². The maximum absolute atomic E-state index is 11.9. The second kappa shape index (κ2) is 7.02. The molecule has 0 bridgehead atoms. The molecule has 3 heterocycles. The average Bonchev–Trinajstić information content (AvgIpc) is 3.08. The van der Waals surface area contributed by atoms with Crippen molar-refractivity contribution in [2.75, 3.05) is 6.61 Å². The fraction of sp³-hybridized carbons (Fsp3) is 0.800. The largest absolute Gasteiger partial charge is 0.378 e. The van der Waals surface area contributed by atoms with E-state index in [1.807, 2.05) is 0 Å². The molecule has 6 heteroatoms. The van der Waals surface area contributed by atoms with E-state index in [9.17, 15) is 4.79 Å². The number of hydrogen-bond acceptors (Lipinski definition) is 4. The van der Waals surface area contributed by atoms with Crippen LogP contribution in [0, 0.1) is 0 Å². The molecule has 2 aliphatic heterocycles. The van der Waals surface area contributed by atoms with Crippen molar-refractivity contribution in [2.45, 2.75) is 70.6 Å². The Bertz CT molecular complexity index is 480. The van der Waals surface area contributed by atoms with Crippen LogP contribution in [0.1, 0.15) is 56.6 Å². The second-order valence-electron chi connectivity index (χ2n) is 5.95. The fourth-order valence-corrected chi connectivity index (χ4v) is 3.11. The summed E-state index contributed by atoms with van der Waals surface area (Å²) in [5, 5.41) is 11.4. The van der Waals surface area contributed by atoms with Crippen LogP contribution in [0.4, 0.5) is 0 Å². The molecule has 116 valence electrons. The van der Waals surface area contributed by atoms with Crippen molar-refractivity contribution in [3.63, 3.8) is 0 Å². The standard InChI is InChI=1S/C15H24N4O2/c20-15(8-7-12-5-4-10-21-12)16-11-14-18-17-13-6-2-1-3-9-19(13)14/h12H,1-11H2,(H,16,20)/t12-/m0/s1. The molecule has 1 N–H and O–H groups in total. The molecular formula is C15H24N4O2. The highest BCUT2D eigenvalue weighted by molar-refractivity contribution is 5.75. The number of rotatable bonds is 5. The minimum absolute atomic E-state index is 0.0801. The lowest BCUT2D eigenvalue weighted by atomic mass is 10.1. The van der Waals surface area contributed by atoms with Gasteiger partial charge in [0.25, 0.3) is 0 Å². The summed E-state index contributed by atoms with van der Waals surface area (Å²) in [6.07, 6.45) is 8.45. The Morgan fingerprint density at radius 3 is 3.10 bits per heavy atom. The molecule has 6 nitrogen and oxygen atoms in total. The lowest BCUT2D eigenvalue weighted by molar-refractivity contribution is -0.121. The molecule has 1 aromatic rings. The van der Waals surface area contributed by atoms with E-state index in [1.165, 1.54) is 19.3 Å². The van der Waals surface area contributed by atoms with Crippen molar-refractivity contribution >= 4 is 5.91 Å². The van der Waals surface area contributed by atoms with E-state index in [1.54, 1.807) is 0 Å². The zero-order chi connectivity index (χ0) is 14.5. The molecular weight excluding hydrogens is 268 g/mol. The lowest BCUT2D eigenvalue weighted by Gasteiger charge is -2.10. The van der Waals surface area contributed by atoms with Crippen molar-refractivity contribution in [3.05, 3.63) is 11.6 Å². The molecule has 3 rings (SSSR count). The average molecular weight is 292 g/mol. The number of aromatic nitrogens is 3. The van der Waals surface area contributed by atoms with Crippen LogP contribution in [0.15, 0.2) is 0 Å². The first kappa shape index (κ1) is 14.5. The molecule has 1 aromatic heterocycles. The van der Waals surface area contributed by atoms with Gasteiger partial charge in [-0.15, -0.1) is 10.2 Å². The number of fused-ring (bicyclic) bond motifs is 1. The molecule has 0 spiro atoms. The van der Waals surface area contributed by atoms with Crippen LogP contribution in [-0.2, 0) is 29.0 Å². The van der Waals surface area contributed by atoms with Crippen molar-refractivity contribution in [2.24, 2.45) is 0 Å². The van der Waals surface area contributed by atoms with E-state index in [0.717, 1.165) is 50.5 Å². The summed E-state index contributed by atoms with van der Waals surface area (Å²) >= 11 is 0. The number of ether oxygens (including phenoxy) is 1. The first-order valence-corrected chi connectivity index (χ1v) is 8.12. The van der Waals surface area contributed by atoms with E-state index in [-0.39, 0.29) is 12.0 Å². The van der Waals surface area contributed by atoms with Crippen LogP contribution in [0.3, 0.4) is 0 Å². The minimum atomic E-state index is 0.0801. The maximum atomic E-state index is 11.9. The van der Waals surface area contributed by atoms with Gasteiger partial charge in [0.05, 0.1) is 12.6 Å².